The molecule has 2 aliphatic heterocycles. The van der Waals surface area contributed by atoms with E-state index >= 15 is 0 Å². The fourth-order valence-corrected chi connectivity index (χ4v) is 8.70. The highest BCUT2D eigenvalue weighted by Crippen LogP contribution is 2.21. The summed E-state index contributed by atoms with van der Waals surface area (Å²) < 4.78 is 5.82. The molecule has 2 aliphatic rings. The number of unbranched alkanes of at least 4 members (excludes halogenated alkanes) is 14. The van der Waals surface area contributed by atoms with Crippen molar-refractivity contribution in [3.8, 4) is 0 Å². The van der Waals surface area contributed by atoms with Crippen LogP contribution in [0.25, 0.3) is 0 Å². The van der Waals surface area contributed by atoms with Crippen LogP contribution in [-0.4, -0.2) is 130 Å². The van der Waals surface area contributed by atoms with Crippen LogP contribution in [0, 0.1) is 11.8 Å². The summed E-state index contributed by atoms with van der Waals surface area (Å²) in [4.78, 5) is 111. The molecule has 8 N–H and O–H groups in total. The van der Waals surface area contributed by atoms with Gasteiger partial charge in [-0.3, -0.25) is 33.6 Å². The fraction of sp³-hybridized carbons (Fsp3) is 0.840. The Morgan fingerprint density at radius 2 is 1.03 bits per heavy atom. The number of carbonyl (C=O) groups excluding carboxylic acids is 8. The molecule has 0 radical (unpaired) electrons. The molecule has 390 valence electrons. The summed E-state index contributed by atoms with van der Waals surface area (Å²) in [5, 5.41) is 37.1. The molecule has 7 amide bonds. The summed E-state index contributed by atoms with van der Waals surface area (Å²) in [5.74, 6) is -6.91. The molecule has 0 saturated carbocycles. The number of fused-ring (bicyclic) bond motifs is 1. The van der Waals surface area contributed by atoms with Crippen LogP contribution >= 0.6 is 0 Å². The largest absolute Gasteiger partial charge is 0.460 e. The van der Waals surface area contributed by atoms with E-state index in [-0.39, 0.29) is 13.0 Å². The number of hydrogen-bond acceptors (Lipinski definition) is 11. The minimum Gasteiger partial charge on any atom is -0.460 e. The maximum absolute atomic E-state index is 13.8. The van der Waals surface area contributed by atoms with Crippen LogP contribution in [0.4, 0.5) is 0 Å². The molecule has 2 fully saturated rings. The second-order valence-corrected chi connectivity index (χ2v) is 19.8. The van der Waals surface area contributed by atoms with Crippen molar-refractivity contribution in [2.45, 2.75) is 251 Å². The normalized spacial score (nSPS) is 27.0. The highest BCUT2D eigenvalue weighted by atomic mass is 16.5. The predicted octanol–water partition coefficient (Wildman–Crippen LogP) is 3.97. The minimum atomic E-state index is -1.60. The zero-order valence-corrected chi connectivity index (χ0v) is 42.8. The first-order valence-corrected chi connectivity index (χ1v) is 25.9. The van der Waals surface area contributed by atoms with E-state index < -0.39 is 126 Å². The molecule has 11 atom stereocenters. The van der Waals surface area contributed by atoms with E-state index in [0.29, 0.717) is 25.7 Å². The summed E-state index contributed by atoms with van der Waals surface area (Å²) in [6, 6.07) is -8.79. The Labute approximate surface area is 406 Å². The van der Waals surface area contributed by atoms with Gasteiger partial charge in [0.2, 0.25) is 41.4 Å². The first kappa shape index (κ1) is 59.8. The summed E-state index contributed by atoms with van der Waals surface area (Å²) in [7, 11) is 0. The van der Waals surface area contributed by atoms with E-state index in [2.05, 4.69) is 38.8 Å². The second kappa shape index (κ2) is 31.7. The number of ether oxygens (including phenoxy) is 1. The maximum atomic E-state index is 13.8. The SMILES string of the molecule is CCCCCCCCCCCCCCCCCC1CC(=O)N[C@@H]([C@@H](C)O)C(=O)NC(C(C)C)C(=O)NC(C)C(=O)N2CCCC2C(=O)NC(C(C)CC)C(=O)NC(C)C(=O)NC(C(C)O)C(=O)O1. The number of esters is 1. The van der Waals surface area contributed by atoms with Crippen molar-refractivity contribution >= 4 is 47.3 Å². The second-order valence-electron chi connectivity index (χ2n) is 19.8. The maximum Gasteiger partial charge on any atom is 0.331 e. The lowest BCUT2D eigenvalue weighted by atomic mass is 9.97. The number of hydrogen-bond donors (Lipinski definition) is 8. The minimum absolute atomic E-state index is 0.210. The molecule has 9 unspecified atom stereocenters. The third-order valence-corrected chi connectivity index (χ3v) is 13.3. The summed E-state index contributed by atoms with van der Waals surface area (Å²) in [6.07, 6.45) is 14.3. The lowest BCUT2D eigenvalue weighted by molar-refractivity contribution is -0.158. The van der Waals surface area contributed by atoms with Crippen molar-refractivity contribution in [1.82, 2.24) is 36.8 Å². The third kappa shape index (κ3) is 20.7. The Kier molecular flexibility index (Phi) is 27.9. The molecule has 2 rings (SSSR count). The molecule has 2 heterocycles. The zero-order valence-electron chi connectivity index (χ0n) is 42.8. The van der Waals surface area contributed by atoms with Crippen LogP contribution in [0.3, 0.4) is 0 Å². The molecule has 0 spiro atoms. The van der Waals surface area contributed by atoms with Gasteiger partial charge in [0.05, 0.1) is 18.6 Å². The first-order valence-electron chi connectivity index (χ1n) is 25.9. The van der Waals surface area contributed by atoms with Crippen LogP contribution in [-0.2, 0) is 43.1 Å². The first-order chi connectivity index (χ1) is 32.2. The van der Waals surface area contributed by atoms with Crippen LogP contribution in [0.1, 0.15) is 191 Å². The van der Waals surface area contributed by atoms with Gasteiger partial charge >= 0.3 is 5.97 Å². The van der Waals surface area contributed by atoms with Crippen molar-refractivity contribution in [3.63, 3.8) is 0 Å². The van der Waals surface area contributed by atoms with Crippen molar-refractivity contribution in [1.29, 1.82) is 0 Å². The fourth-order valence-electron chi connectivity index (χ4n) is 8.70. The van der Waals surface area contributed by atoms with Crippen molar-refractivity contribution in [2.75, 3.05) is 6.54 Å². The van der Waals surface area contributed by atoms with Crippen molar-refractivity contribution in [2.24, 2.45) is 11.8 Å². The van der Waals surface area contributed by atoms with E-state index in [4.69, 9.17) is 4.74 Å². The molecule has 0 aromatic rings. The van der Waals surface area contributed by atoms with Gasteiger partial charge in [-0.25, -0.2) is 4.79 Å². The van der Waals surface area contributed by atoms with Gasteiger partial charge in [-0.15, -0.1) is 0 Å². The van der Waals surface area contributed by atoms with E-state index in [9.17, 15) is 48.6 Å². The summed E-state index contributed by atoms with van der Waals surface area (Å²) in [6.45, 7) is 14.8. The lowest BCUT2D eigenvalue weighted by Gasteiger charge is -2.31. The molecule has 18 heteroatoms. The molecular weight excluding hydrogens is 875 g/mol. The van der Waals surface area contributed by atoms with Crippen molar-refractivity contribution < 1.29 is 53.3 Å². The monoisotopic (exact) mass is 964 g/mol. The van der Waals surface area contributed by atoms with Gasteiger partial charge in [-0.2, -0.15) is 0 Å². The molecule has 2 saturated heterocycles. The van der Waals surface area contributed by atoms with Gasteiger partial charge in [0.15, 0.2) is 6.04 Å². The van der Waals surface area contributed by atoms with Gasteiger partial charge in [0.1, 0.15) is 42.4 Å². The lowest BCUT2D eigenvalue weighted by Crippen LogP contribution is -2.61. The van der Waals surface area contributed by atoms with Crippen LogP contribution in [0.2, 0.25) is 0 Å². The highest BCUT2D eigenvalue weighted by Gasteiger charge is 2.40. The Morgan fingerprint density at radius 1 is 0.559 bits per heavy atom. The van der Waals surface area contributed by atoms with Crippen LogP contribution in [0.15, 0.2) is 0 Å². The number of aliphatic hydroxyl groups excluding tert-OH is 2. The average Bonchev–Trinajstić information content (AvgIpc) is 3.78. The van der Waals surface area contributed by atoms with Crippen molar-refractivity contribution in [3.05, 3.63) is 0 Å². The molecule has 0 aromatic carbocycles. The van der Waals surface area contributed by atoms with Gasteiger partial charge in [-0.1, -0.05) is 131 Å². The smallest absolute Gasteiger partial charge is 0.331 e. The van der Waals surface area contributed by atoms with E-state index in [1.807, 2.05) is 6.92 Å². The molecule has 18 nitrogen and oxygen atoms in total. The van der Waals surface area contributed by atoms with E-state index in [1.54, 1.807) is 20.8 Å². The highest BCUT2D eigenvalue weighted by molar-refractivity contribution is 5.98. The number of aliphatic hydroxyl groups is 2. The Morgan fingerprint density at radius 3 is 1.54 bits per heavy atom. The Bertz CT molecular complexity index is 1610. The summed E-state index contributed by atoms with van der Waals surface area (Å²) in [5.41, 5.74) is 0. The molecule has 68 heavy (non-hydrogen) atoms. The quantitative estimate of drug-likeness (QED) is 0.0603. The van der Waals surface area contributed by atoms with Crippen LogP contribution in [0.5, 0.6) is 0 Å². The molecule has 0 bridgehead atoms. The topological polar surface area (TPSA) is 262 Å². The number of carbonyl (C=O) groups is 8. The van der Waals surface area contributed by atoms with E-state index in [1.165, 1.54) is 96.8 Å². The standard InChI is InChI=1S/C50H89N7O11/c1-10-12-13-14-15-16-17-18-19-20-21-22-23-24-25-27-37-30-39(60)53-42(35(8)58)48(65)54-40(31(3)4)46(63)52-34(7)49(66)57-29-26-28-38(57)45(62)55-41(32(5)11-2)47(64)51-33(6)44(61)56-43(36(9)59)50(67)68-37/h31-38,40-43,58-59H,10-30H2,1-9H3,(H,51,64)(H,52,63)(H,53,60)(H,54,65)(H,55,62)(H,56,61)/t32?,33?,34?,35-,36?,37?,38?,40?,41?,42+,43?/m1/s1. The van der Waals surface area contributed by atoms with E-state index in [0.717, 1.165) is 25.7 Å². The van der Waals surface area contributed by atoms with Gasteiger partial charge in [-0.05, 0) is 65.2 Å². The number of rotatable bonds is 21. The van der Waals surface area contributed by atoms with Gasteiger partial charge in [0.25, 0.3) is 0 Å². The Hall–Kier alpha value is -4.32. The average molecular weight is 964 g/mol. The van der Waals surface area contributed by atoms with Gasteiger partial charge < -0.3 is 51.8 Å². The summed E-state index contributed by atoms with van der Waals surface area (Å²) >= 11 is 0. The number of cyclic esters (lactones) is 1. The predicted molar refractivity (Wildman–Crippen MR) is 259 cm³/mol. The molecule has 0 aliphatic carbocycles. The number of nitrogens with one attached hydrogen (secondary N) is 6. The Balaban J connectivity index is 2.34. The van der Waals surface area contributed by atoms with Gasteiger partial charge in [0, 0.05) is 6.54 Å². The number of nitrogens with zero attached hydrogens (tertiary/aromatic N) is 1. The molecule has 0 aromatic heterocycles. The van der Waals surface area contributed by atoms with Crippen LogP contribution < -0.4 is 31.9 Å². The number of amides is 7. The zero-order chi connectivity index (χ0) is 50.9. The molecular formula is C50H89N7O11. The third-order valence-electron chi connectivity index (χ3n) is 13.3.